The number of hydrazone groups is 1. The van der Waals surface area contributed by atoms with Crippen molar-refractivity contribution in [1.29, 1.82) is 0 Å². The fourth-order valence-electron chi connectivity index (χ4n) is 3.39. The minimum Gasteiger partial charge on any atom is -0.364 e. The quantitative estimate of drug-likeness (QED) is 0.496. The van der Waals surface area contributed by atoms with E-state index in [1.54, 1.807) is 24.3 Å². The molecular formula is C22H27N5O2. The third-order valence-electron chi connectivity index (χ3n) is 4.96. The lowest BCUT2D eigenvalue weighted by Crippen LogP contribution is -2.29. The van der Waals surface area contributed by atoms with Crippen LogP contribution in [0.3, 0.4) is 0 Å². The van der Waals surface area contributed by atoms with Gasteiger partial charge in [0.05, 0.1) is 11.1 Å². The van der Waals surface area contributed by atoms with Crippen molar-refractivity contribution in [3.8, 4) is 0 Å². The van der Waals surface area contributed by atoms with Crippen LogP contribution in [0.1, 0.15) is 54.5 Å². The first-order valence-electron chi connectivity index (χ1n) is 9.79. The van der Waals surface area contributed by atoms with Crippen molar-refractivity contribution >= 4 is 22.4 Å². The highest BCUT2D eigenvalue weighted by Gasteiger charge is 2.17. The summed E-state index contributed by atoms with van der Waals surface area (Å²) in [6.07, 6.45) is 2.71. The molecule has 0 radical (unpaired) electrons. The van der Waals surface area contributed by atoms with E-state index in [-0.39, 0.29) is 11.3 Å². The van der Waals surface area contributed by atoms with Crippen LogP contribution in [0.4, 0.5) is 0 Å². The summed E-state index contributed by atoms with van der Waals surface area (Å²) in [6, 6.07) is 7.04. The fraction of sp³-hybridized carbons (Fsp3) is 0.364. The third kappa shape index (κ3) is 4.29. The minimum absolute atomic E-state index is 0.184. The topological polar surface area (TPSA) is 92.1 Å². The molecule has 2 aromatic heterocycles. The van der Waals surface area contributed by atoms with Crippen LogP contribution in [0.25, 0.3) is 10.8 Å². The summed E-state index contributed by atoms with van der Waals surface area (Å²) in [5.41, 5.74) is 6.34. The number of benzene rings is 1. The number of carbonyl (C=O) groups is 1. The molecule has 0 bridgehead atoms. The highest BCUT2D eigenvalue weighted by Crippen LogP contribution is 2.15. The number of aromatic nitrogens is 3. The maximum absolute atomic E-state index is 12.9. The fourth-order valence-corrected chi connectivity index (χ4v) is 3.39. The Morgan fingerprint density at radius 1 is 1.24 bits per heavy atom. The third-order valence-corrected chi connectivity index (χ3v) is 4.96. The van der Waals surface area contributed by atoms with Gasteiger partial charge in [-0.25, -0.2) is 10.1 Å². The number of H-pyrrole nitrogens is 1. The lowest BCUT2D eigenvalue weighted by atomic mass is 10.1. The summed E-state index contributed by atoms with van der Waals surface area (Å²) in [6.45, 7) is 10.4. The van der Waals surface area contributed by atoms with Crippen molar-refractivity contribution in [2.45, 2.75) is 47.6 Å². The van der Waals surface area contributed by atoms with Crippen LogP contribution in [-0.4, -0.2) is 26.4 Å². The van der Waals surface area contributed by atoms with Crippen molar-refractivity contribution in [1.82, 2.24) is 20.2 Å². The van der Waals surface area contributed by atoms with E-state index in [1.807, 2.05) is 27.0 Å². The Kier molecular flexibility index (Phi) is 5.96. The number of amides is 1. The van der Waals surface area contributed by atoms with Gasteiger partial charge in [-0.3, -0.25) is 9.59 Å². The molecule has 0 aliphatic carbocycles. The second-order valence-corrected chi connectivity index (χ2v) is 7.71. The molecule has 0 spiro atoms. The lowest BCUT2D eigenvalue weighted by Gasteiger charge is -2.11. The minimum atomic E-state index is -0.440. The average Bonchev–Trinajstić information content (AvgIpc) is 3.03. The molecule has 0 fully saturated rings. The molecule has 2 heterocycles. The maximum Gasteiger partial charge on any atom is 0.292 e. The van der Waals surface area contributed by atoms with Gasteiger partial charge in [-0.1, -0.05) is 32.0 Å². The largest absolute Gasteiger partial charge is 0.364 e. The first-order chi connectivity index (χ1) is 13.8. The van der Waals surface area contributed by atoms with Crippen LogP contribution in [-0.2, 0) is 6.54 Å². The van der Waals surface area contributed by atoms with Gasteiger partial charge in [-0.15, -0.1) is 0 Å². The van der Waals surface area contributed by atoms with Crippen molar-refractivity contribution < 1.29 is 4.79 Å². The van der Waals surface area contributed by atoms with Gasteiger partial charge in [0.2, 0.25) is 0 Å². The van der Waals surface area contributed by atoms with Gasteiger partial charge in [0.15, 0.2) is 5.69 Å². The van der Waals surface area contributed by atoms with Gasteiger partial charge in [0, 0.05) is 29.4 Å². The standard InChI is InChI=1S/C22H27N5O2/c1-13(2)10-11-27-22(29)18-9-7-6-8-17(18)20(26-27)21(28)25-24-16(5)19-14(3)12-23-15(19)4/h6-9,12-13,23H,10-11H2,1-5H3,(H,25,28)/b24-16+. The molecule has 3 aromatic rings. The second-order valence-electron chi connectivity index (χ2n) is 7.71. The van der Waals surface area contributed by atoms with Crippen molar-refractivity contribution in [3.63, 3.8) is 0 Å². The summed E-state index contributed by atoms with van der Waals surface area (Å²) < 4.78 is 1.38. The summed E-state index contributed by atoms with van der Waals surface area (Å²) >= 11 is 0. The Bertz CT molecular complexity index is 1120. The number of fused-ring (bicyclic) bond motifs is 1. The van der Waals surface area contributed by atoms with Crippen LogP contribution in [0.5, 0.6) is 0 Å². The normalized spacial score (nSPS) is 12.0. The Labute approximate surface area is 169 Å². The van der Waals surface area contributed by atoms with Crippen molar-refractivity contribution in [3.05, 3.63) is 63.3 Å². The molecule has 0 saturated heterocycles. The predicted octanol–water partition coefficient (Wildman–Crippen LogP) is 3.54. The van der Waals surface area contributed by atoms with Crippen LogP contribution in [0.2, 0.25) is 0 Å². The van der Waals surface area contributed by atoms with Gasteiger partial charge < -0.3 is 4.98 Å². The summed E-state index contributed by atoms with van der Waals surface area (Å²) in [5.74, 6) is -0.0165. The van der Waals surface area contributed by atoms with Crippen LogP contribution in [0, 0.1) is 19.8 Å². The molecule has 152 valence electrons. The molecule has 0 unspecified atom stereocenters. The zero-order chi connectivity index (χ0) is 21.1. The molecule has 0 saturated carbocycles. The van der Waals surface area contributed by atoms with E-state index in [0.29, 0.717) is 28.9 Å². The maximum atomic E-state index is 12.9. The molecule has 1 amide bonds. The molecule has 0 atom stereocenters. The van der Waals surface area contributed by atoms with Gasteiger partial charge >= 0.3 is 0 Å². The number of hydrogen-bond donors (Lipinski definition) is 2. The average molecular weight is 393 g/mol. The van der Waals surface area contributed by atoms with Crippen LogP contribution in [0.15, 0.2) is 40.4 Å². The first kappa shape index (κ1) is 20.5. The van der Waals surface area contributed by atoms with Crippen LogP contribution >= 0.6 is 0 Å². The van der Waals surface area contributed by atoms with E-state index in [0.717, 1.165) is 23.2 Å². The molecule has 2 N–H and O–H groups in total. The molecular weight excluding hydrogens is 366 g/mol. The predicted molar refractivity (Wildman–Crippen MR) is 115 cm³/mol. The van der Waals surface area contributed by atoms with E-state index in [4.69, 9.17) is 0 Å². The Balaban J connectivity index is 1.97. The summed E-state index contributed by atoms with van der Waals surface area (Å²) in [5, 5.41) is 9.64. The Morgan fingerprint density at radius 3 is 2.55 bits per heavy atom. The van der Waals surface area contributed by atoms with Crippen molar-refractivity contribution in [2.24, 2.45) is 11.0 Å². The number of aryl methyl sites for hydroxylation is 3. The lowest BCUT2D eigenvalue weighted by molar-refractivity contribution is 0.0949. The van der Waals surface area contributed by atoms with Crippen molar-refractivity contribution in [2.75, 3.05) is 0 Å². The zero-order valence-corrected chi connectivity index (χ0v) is 17.5. The number of aromatic amines is 1. The van der Waals surface area contributed by atoms with E-state index in [9.17, 15) is 9.59 Å². The number of nitrogens with zero attached hydrogens (tertiary/aromatic N) is 3. The monoisotopic (exact) mass is 393 g/mol. The molecule has 0 aliphatic heterocycles. The number of nitrogens with one attached hydrogen (secondary N) is 2. The molecule has 1 aromatic carbocycles. The van der Waals surface area contributed by atoms with Crippen LogP contribution < -0.4 is 11.0 Å². The molecule has 7 heteroatoms. The first-order valence-corrected chi connectivity index (χ1v) is 9.79. The van der Waals surface area contributed by atoms with Gasteiger partial charge in [0.25, 0.3) is 11.5 Å². The summed E-state index contributed by atoms with van der Waals surface area (Å²) in [7, 11) is 0. The Hall–Kier alpha value is -3.22. The van der Waals surface area contributed by atoms with E-state index in [2.05, 4.69) is 34.5 Å². The SMILES string of the molecule is C/C(=N\NC(=O)c1nn(CCC(C)C)c(=O)c2ccccc12)c1c(C)c[nH]c1C. The van der Waals surface area contributed by atoms with E-state index >= 15 is 0 Å². The molecule has 3 rings (SSSR count). The Morgan fingerprint density at radius 2 is 1.93 bits per heavy atom. The smallest absolute Gasteiger partial charge is 0.292 e. The van der Waals surface area contributed by atoms with E-state index in [1.165, 1.54) is 4.68 Å². The number of hydrogen-bond acceptors (Lipinski definition) is 4. The zero-order valence-electron chi connectivity index (χ0n) is 17.5. The van der Waals surface area contributed by atoms with Gasteiger partial charge in [0.1, 0.15) is 0 Å². The molecule has 29 heavy (non-hydrogen) atoms. The number of rotatable bonds is 6. The molecule has 0 aliphatic rings. The molecule has 7 nitrogen and oxygen atoms in total. The highest BCUT2D eigenvalue weighted by atomic mass is 16.2. The summed E-state index contributed by atoms with van der Waals surface area (Å²) in [4.78, 5) is 28.8. The van der Waals surface area contributed by atoms with Gasteiger partial charge in [-0.05, 0) is 44.7 Å². The number of carbonyl (C=O) groups excluding carboxylic acids is 1. The second kappa shape index (κ2) is 8.43. The highest BCUT2D eigenvalue weighted by molar-refractivity contribution is 6.06. The van der Waals surface area contributed by atoms with E-state index < -0.39 is 5.91 Å². The van der Waals surface area contributed by atoms with Gasteiger partial charge in [-0.2, -0.15) is 10.2 Å².